The van der Waals surface area contributed by atoms with Crippen LogP contribution >= 0.6 is 11.6 Å². The van der Waals surface area contributed by atoms with Gasteiger partial charge in [-0.25, -0.2) is 4.79 Å². The number of alkyl halides is 1. The summed E-state index contributed by atoms with van der Waals surface area (Å²) in [6, 6.07) is 8.75. The number of carbonyl (C=O) groups excluding carboxylic acids is 2. The highest BCUT2D eigenvalue weighted by molar-refractivity contribution is 6.19. The van der Waals surface area contributed by atoms with Crippen LogP contribution in [0.4, 0.5) is 0 Å². The van der Waals surface area contributed by atoms with Gasteiger partial charge in [0.05, 0.1) is 12.5 Å². The van der Waals surface area contributed by atoms with Crippen LogP contribution < -0.4 is 5.32 Å². The van der Waals surface area contributed by atoms with E-state index in [-0.39, 0.29) is 11.8 Å². The van der Waals surface area contributed by atoms with Crippen molar-refractivity contribution in [3.8, 4) is 0 Å². The molecule has 1 unspecified atom stereocenters. The molecular formula is C15H20ClNO3. The zero-order chi connectivity index (χ0) is 15.2. The van der Waals surface area contributed by atoms with Crippen molar-refractivity contribution in [2.24, 2.45) is 5.41 Å². The highest BCUT2D eigenvalue weighted by Gasteiger charge is 2.31. The molecule has 1 atom stereocenters. The van der Waals surface area contributed by atoms with Crippen LogP contribution in [0.5, 0.6) is 0 Å². The second-order valence-electron chi connectivity index (χ2n) is 5.26. The van der Waals surface area contributed by atoms with Gasteiger partial charge in [0.1, 0.15) is 6.04 Å². The Labute approximate surface area is 124 Å². The smallest absolute Gasteiger partial charge is 0.328 e. The molecule has 0 heterocycles. The first-order chi connectivity index (χ1) is 9.40. The Balaban J connectivity index is 2.81. The lowest BCUT2D eigenvalue weighted by Crippen LogP contribution is -2.48. The minimum absolute atomic E-state index is 0.179. The van der Waals surface area contributed by atoms with Gasteiger partial charge >= 0.3 is 5.97 Å². The first kappa shape index (κ1) is 16.5. The van der Waals surface area contributed by atoms with Crippen molar-refractivity contribution in [3.63, 3.8) is 0 Å². The molecule has 20 heavy (non-hydrogen) atoms. The predicted molar refractivity (Wildman–Crippen MR) is 78.6 cm³/mol. The van der Waals surface area contributed by atoms with Gasteiger partial charge in [0, 0.05) is 12.3 Å². The molecule has 0 saturated heterocycles. The number of halogens is 1. The molecule has 0 saturated carbocycles. The Kier molecular flexibility index (Phi) is 6.02. The lowest BCUT2D eigenvalue weighted by molar-refractivity contribution is -0.146. The zero-order valence-electron chi connectivity index (χ0n) is 12.0. The van der Waals surface area contributed by atoms with Crippen LogP contribution in [-0.4, -0.2) is 30.9 Å². The summed E-state index contributed by atoms with van der Waals surface area (Å²) in [6.07, 6.45) is 0.387. The van der Waals surface area contributed by atoms with E-state index >= 15 is 0 Å². The van der Waals surface area contributed by atoms with Crippen molar-refractivity contribution < 1.29 is 14.3 Å². The minimum atomic E-state index is -0.732. The lowest BCUT2D eigenvalue weighted by Gasteiger charge is -2.24. The molecule has 0 aliphatic carbocycles. The van der Waals surface area contributed by atoms with Gasteiger partial charge in [0.25, 0.3) is 0 Å². The van der Waals surface area contributed by atoms with Crippen molar-refractivity contribution in [2.45, 2.75) is 26.3 Å². The fraction of sp³-hybridized carbons (Fsp3) is 0.467. The third kappa shape index (κ3) is 4.53. The van der Waals surface area contributed by atoms with Crippen LogP contribution in [0, 0.1) is 5.41 Å². The minimum Gasteiger partial charge on any atom is -0.467 e. The first-order valence-electron chi connectivity index (χ1n) is 6.39. The maximum atomic E-state index is 12.1. The molecule has 1 rings (SSSR count). The van der Waals surface area contributed by atoms with Crippen molar-refractivity contribution >= 4 is 23.5 Å². The summed E-state index contributed by atoms with van der Waals surface area (Å²) >= 11 is 5.77. The highest BCUT2D eigenvalue weighted by atomic mass is 35.5. The van der Waals surface area contributed by atoms with E-state index in [9.17, 15) is 9.59 Å². The van der Waals surface area contributed by atoms with Crippen LogP contribution in [0.25, 0.3) is 0 Å². The van der Waals surface area contributed by atoms with Crippen LogP contribution in [0.1, 0.15) is 19.4 Å². The summed E-state index contributed by atoms with van der Waals surface area (Å²) < 4.78 is 4.75. The van der Waals surface area contributed by atoms with Gasteiger partial charge in [-0.3, -0.25) is 4.79 Å². The van der Waals surface area contributed by atoms with E-state index in [0.29, 0.717) is 6.42 Å². The number of benzene rings is 1. The van der Waals surface area contributed by atoms with E-state index in [2.05, 4.69) is 5.32 Å². The van der Waals surface area contributed by atoms with Gasteiger partial charge in [0.2, 0.25) is 5.91 Å². The van der Waals surface area contributed by atoms with Crippen molar-refractivity contribution in [1.82, 2.24) is 5.32 Å². The SMILES string of the molecule is COC(=O)C(Cc1ccccc1)NC(=O)C(C)(C)CCl. The molecule has 4 nitrogen and oxygen atoms in total. The number of ether oxygens (including phenoxy) is 1. The van der Waals surface area contributed by atoms with Gasteiger partial charge in [-0.1, -0.05) is 30.3 Å². The van der Waals surface area contributed by atoms with E-state index < -0.39 is 17.4 Å². The number of rotatable bonds is 6. The maximum Gasteiger partial charge on any atom is 0.328 e. The lowest BCUT2D eigenvalue weighted by atomic mass is 9.94. The van der Waals surface area contributed by atoms with E-state index in [1.165, 1.54) is 7.11 Å². The molecule has 0 bridgehead atoms. The molecule has 0 aliphatic rings. The maximum absolute atomic E-state index is 12.1. The molecule has 110 valence electrons. The Morgan fingerprint density at radius 1 is 1.30 bits per heavy atom. The zero-order valence-corrected chi connectivity index (χ0v) is 12.7. The molecular weight excluding hydrogens is 278 g/mol. The van der Waals surface area contributed by atoms with Crippen LogP contribution in [-0.2, 0) is 20.7 Å². The van der Waals surface area contributed by atoms with Crippen molar-refractivity contribution in [3.05, 3.63) is 35.9 Å². The van der Waals surface area contributed by atoms with Crippen molar-refractivity contribution in [2.75, 3.05) is 13.0 Å². The first-order valence-corrected chi connectivity index (χ1v) is 6.93. The molecule has 0 radical (unpaired) electrons. The number of hydrogen-bond donors (Lipinski definition) is 1. The number of nitrogens with one attached hydrogen (secondary N) is 1. The molecule has 0 aliphatic heterocycles. The molecule has 0 fully saturated rings. The predicted octanol–water partition coefficient (Wildman–Crippen LogP) is 2.15. The number of esters is 1. The standard InChI is InChI=1S/C15H20ClNO3/c1-15(2,10-16)14(19)17-12(13(18)20-3)9-11-7-5-4-6-8-11/h4-8,12H,9-10H2,1-3H3,(H,17,19). The Morgan fingerprint density at radius 3 is 2.40 bits per heavy atom. The second kappa shape index (κ2) is 7.29. The topological polar surface area (TPSA) is 55.4 Å². The highest BCUT2D eigenvalue weighted by Crippen LogP contribution is 2.17. The van der Waals surface area contributed by atoms with Crippen LogP contribution in [0.15, 0.2) is 30.3 Å². The third-order valence-corrected chi connectivity index (χ3v) is 3.69. The van der Waals surface area contributed by atoms with E-state index in [4.69, 9.17) is 16.3 Å². The summed E-state index contributed by atoms with van der Waals surface area (Å²) in [7, 11) is 1.30. The molecule has 0 aromatic heterocycles. The molecule has 1 N–H and O–H groups in total. The van der Waals surface area contributed by atoms with Gasteiger partial charge in [0.15, 0.2) is 0 Å². The quantitative estimate of drug-likeness (QED) is 0.646. The summed E-state index contributed by atoms with van der Waals surface area (Å²) in [4.78, 5) is 23.9. The average Bonchev–Trinajstić information content (AvgIpc) is 2.46. The van der Waals surface area contributed by atoms with E-state index in [0.717, 1.165) is 5.56 Å². The molecule has 5 heteroatoms. The molecule has 1 amide bonds. The number of hydrogen-bond acceptors (Lipinski definition) is 3. The van der Waals surface area contributed by atoms with Gasteiger partial charge in [-0.05, 0) is 19.4 Å². The third-order valence-electron chi connectivity index (χ3n) is 3.02. The molecule has 0 spiro atoms. The van der Waals surface area contributed by atoms with Gasteiger partial charge in [-0.2, -0.15) is 0 Å². The number of carbonyl (C=O) groups is 2. The molecule has 1 aromatic carbocycles. The Morgan fingerprint density at radius 2 is 1.90 bits per heavy atom. The summed E-state index contributed by atoms with van der Waals surface area (Å²) in [5.41, 5.74) is 0.219. The normalized spacial score (nSPS) is 12.6. The summed E-state index contributed by atoms with van der Waals surface area (Å²) in [5, 5.41) is 2.71. The summed E-state index contributed by atoms with van der Waals surface area (Å²) in [6.45, 7) is 3.46. The van der Waals surface area contributed by atoms with Gasteiger partial charge < -0.3 is 10.1 Å². The van der Waals surface area contributed by atoms with Crippen LogP contribution in [0.3, 0.4) is 0 Å². The van der Waals surface area contributed by atoms with Gasteiger partial charge in [-0.15, -0.1) is 11.6 Å². The van der Waals surface area contributed by atoms with Crippen LogP contribution in [0.2, 0.25) is 0 Å². The number of amides is 1. The fourth-order valence-electron chi connectivity index (χ4n) is 1.60. The average molecular weight is 298 g/mol. The fourth-order valence-corrected chi connectivity index (χ4v) is 1.72. The largest absolute Gasteiger partial charge is 0.467 e. The second-order valence-corrected chi connectivity index (χ2v) is 5.52. The van der Waals surface area contributed by atoms with E-state index in [1.54, 1.807) is 13.8 Å². The summed E-state index contributed by atoms with van der Waals surface area (Å²) in [5.74, 6) is -0.552. The Bertz CT molecular complexity index is 459. The van der Waals surface area contributed by atoms with Crippen molar-refractivity contribution in [1.29, 1.82) is 0 Å². The van der Waals surface area contributed by atoms with E-state index in [1.807, 2.05) is 30.3 Å². The Hall–Kier alpha value is -1.55. The monoisotopic (exact) mass is 297 g/mol. The molecule has 1 aromatic rings. The number of methoxy groups -OCH3 is 1.